The molecular formula is C20H22N4O3. The molecule has 1 atom stereocenters. The first kappa shape index (κ1) is 17.3. The molecule has 0 saturated carbocycles. The molecule has 0 radical (unpaired) electrons. The minimum atomic E-state index is -0.118. The Bertz CT molecular complexity index is 1050. The van der Waals surface area contributed by atoms with Crippen LogP contribution >= 0.6 is 0 Å². The molecule has 27 heavy (non-hydrogen) atoms. The van der Waals surface area contributed by atoms with Crippen LogP contribution in [0.2, 0.25) is 0 Å². The molecule has 0 spiro atoms. The highest BCUT2D eigenvalue weighted by molar-refractivity contribution is 5.79. The molecule has 1 fully saturated rings. The van der Waals surface area contributed by atoms with Gasteiger partial charge in [0.15, 0.2) is 5.65 Å². The van der Waals surface area contributed by atoms with Gasteiger partial charge in [0, 0.05) is 42.5 Å². The summed E-state index contributed by atoms with van der Waals surface area (Å²) in [6, 6.07) is 11.0. The predicted octanol–water partition coefficient (Wildman–Crippen LogP) is 1.90. The number of amides is 1. The molecule has 3 aromatic rings. The Balaban J connectivity index is 1.47. The maximum atomic E-state index is 12.7. The van der Waals surface area contributed by atoms with E-state index in [-0.39, 0.29) is 17.4 Å². The van der Waals surface area contributed by atoms with Crippen LogP contribution in [0.5, 0.6) is 5.75 Å². The third-order valence-corrected chi connectivity index (χ3v) is 5.07. The van der Waals surface area contributed by atoms with Gasteiger partial charge in [-0.25, -0.2) is 9.50 Å². The average Bonchev–Trinajstić information content (AvgIpc) is 3.28. The molecule has 1 aromatic carbocycles. The van der Waals surface area contributed by atoms with Gasteiger partial charge in [0.05, 0.1) is 13.5 Å². The first-order valence-electron chi connectivity index (χ1n) is 9.03. The van der Waals surface area contributed by atoms with Crippen molar-refractivity contribution in [2.45, 2.75) is 25.7 Å². The Morgan fingerprint density at radius 1 is 1.33 bits per heavy atom. The summed E-state index contributed by atoms with van der Waals surface area (Å²) in [5.74, 6) is 1.04. The monoisotopic (exact) mass is 366 g/mol. The number of benzene rings is 1. The molecule has 0 bridgehead atoms. The SMILES string of the molecule is COc1cccc(CC(=O)N2CCC(c3cc4nc(C)cc(=O)n4[nH]3)C2)c1. The van der Waals surface area contributed by atoms with Crippen molar-refractivity contribution in [3.63, 3.8) is 0 Å². The fourth-order valence-electron chi connectivity index (χ4n) is 3.65. The quantitative estimate of drug-likeness (QED) is 0.765. The molecule has 140 valence electrons. The van der Waals surface area contributed by atoms with Gasteiger partial charge < -0.3 is 9.64 Å². The van der Waals surface area contributed by atoms with Crippen LogP contribution in [0.1, 0.15) is 29.3 Å². The van der Waals surface area contributed by atoms with Crippen molar-refractivity contribution in [3.05, 3.63) is 63.7 Å². The van der Waals surface area contributed by atoms with Crippen LogP contribution in [0.4, 0.5) is 0 Å². The summed E-state index contributed by atoms with van der Waals surface area (Å²) in [6.07, 6.45) is 1.22. The highest BCUT2D eigenvalue weighted by Gasteiger charge is 2.28. The Kier molecular flexibility index (Phi) is 4.43. The third kappa shape index (κ3) is 3.45. The summed E-state index contributed by atoms with van der Waals surface area (Å²) in [4.78, 5) is 31.0. The van der Waals surface area contributed by atoms with E-state index >= 15 is 0 Å². The van der Waals surface area contributed by atoms with Crippen molar-refractivity contribution in [3.8, 4) is 5.75 Å². The topological polar surface area (TPSA) is 79.7 Å². The van der Waals surface area contributed by atoms with Gasteiger partial charge in [-0.15, -0.1) is 0 Å². The molecule has 1 amide bonds. The second-order valence-corrected chi connectivity index (χ2v) is 6.99. The Morgan fingerprint density at radius 3 is 3.00 bits per heavy atom. The molecule has 4 rings (SSSR count). The zero-order chi connectivity index (χ0) is 19.0. The van der Waals surface area contributed by atoms with Crippen molar-refractivity contribution in [2.24, 2.45) is 0 Å². The molecule has 1 unspecified atom stereocenters. The maximum Gasteiger partial charge on any atom is 0.272 e. The zero-order valence-corrected chi connectivity index (χ0v) is 15.4. The highest BCUT2D eigenvalue weighted by Crippen LogP contribution is 2.27. The molecule has 1 saturated heterocycles. The second-order valence-electron chi connectivity index (χ2n) is 6.99. The van der Waals surface area contributed by atoms with Crippen molar-refractivity contribution in [2.75, 3.05) is 20.2 Å². The summed E-state index contributed by atoms with van der Waals surface area (Å²) in [5, 5.41) is 3.14. The smallest absolute Gasteiger partial charge is 0.272 e. The number of nitrogens with zero attached hydrogens (tertiary/aromatic N) is 3. The van der Waals surface area contributed by atoms with Crippen LogP contribution in [-0.2, 0) is 11.2 Å². The molecule has 0 aliphatic carbocycles. The van der Waals surface area contributed by atoms with E-state index in [1.54, 1.807) is 7.11 Å². The highest BCUT2D eigenvalue weighted by atomic mass is 16.5. The Hall–Kier alpha value is -3.09. The van der Waals surface area contributed by atoms with E-state index in [2.05, 4.69) is 10.1 Å². The molecule has 1 aliphatic rings. The normalized spacial score (nSPS) is 16.8. The number of hydrogen-bond acceptors (Lipinski definition) is 4. The molecular weight excluding hydrogens is 344 g/mol. The largest absolute Gasteiger partial charge is 0.497 e. The lowest BCUT2D eigenvalue weighted by atomic mass is 10.1. The fourth-order valence-corrected chi connectivity index (χ4v) is 3.65. The average molecular weight is 366 g/mol. The number of likely N-dealkylation sites (tertiary alicyclic amines) is 1. The number of aromatic amines is 1. The van der Waals surface area contributed by atoms with E-state index in [4.69, 9.17) is 4.74 Å². The number of H-pyrrole nitrogens is 1. The Labute approximate surface area is 156 Å². The molecule has 3 heterocycles. The number of aromatic nitrogens is 3. The number of ether oxygens (including phenoxy) is 1. The van der Waals surface area contributed by atoms with E-state index < -0.39 is 0 Å². The van der Waals surface area contributed by atoms with E-state index in [0.29, 0.717) is 30.9 Å². The number of carbonyl (C=O) groups is 1. The first-order valence-corrected chi connectivity index (χ1v) is 9.03. The van der Waals surface area contributed by atoms with Gasteiger partial charge in [0.1, 0.15) is 5.75 Å². The fraction of sp³-hybridized carbons (Fsp3) is 0.350. The first-order chi connectivity index (χ1) is 13.0. The van der Waals surface area contributed by atoms with Gasteiger partial charge in [-0.2, -0.15) is 0 Å². The maximum absolute atomic E-state index is 12.7. The van der Waals surface area contributed by atoms with Gasteiger partial charge in [-0.1, -0.05) is 12.1 Å². The third-order valence-electron chi connectivity index (χ3n) is 5.07. The number of hydrogen-bond donors (Lipinski definition) is 1. The van der Waals surface area contributed by atoms with Gasteiger partial charge in [-0.3, -0.25) is 14.7 Å². The van der Waals surface area contributed by atoms with Crippen LogP contribution in [0.3, 0.4) is 0 Å². The lowest BCUT2D eigenvalue weighted by Crippen LogP contribution is -2.29. The van der Waals surface area contributed by atoms with E-state index in [0.717, 1.165) is 23.4 Å². The lowest BCUT2D eigenvalue weighted by Gasteiger charge is -2.16. The van der Waals surface area contributed by atoms with Gasteiger partial charge >= 0.3 is 0 Å². The Morgan fingerprint density at radius 2 is 2.19 bits per heavy atom. The van der Waals surface area contributed by atoms with Crippen LogP contribution in [-0.4, -0.2) is 45.6 Å². The summed E-state index contributed by atoms with van der Waals surface area (Å²) < 4.78 is 6.68. The predicted molar refractivity (Wildman–Crippen MR) is 101 cm³/mol. The minimum absolute atomic E-state index is 0.105. The van der Waals surface area contributed by atoms with E-state index in [9.17, 15) is 9.59 Å². The summed E-state index contributed by atoms with van der Waals surface area (Å²) >= 11 is 0. The molecule has 7 nitrogen and oxygen atoms in total. The van der Waals surface area contributed by atoms with Crippen molar-refractivity contribution >= 4 is 11.6 Å². The number of methoxy groups -OCH3 is 1. The number of aryl methyl sites for hydroxylation is 1. The molecule has 7 heteroatoms. The molecule has 1 N–H and O–H groups in total. The van der Waals surface area contributed by atoms with Crippen LogP contribution in [0.15, 0.2) is 41.2 Å². The standard InChI is InChI=1S/C20H22N4O3/c1-13-8-20(26)24-18(21-13)11-17(22-24)15-6-7-23(12-15)19(25)10-14-4-3-5-16(9-14)27-2/h3-5,8-9,11,15,22H,6-7,10,12H2,1-2H3. The zero-order valence-electron chi connectivity index (χ0n) is 15.4. The van der Waals surface area contributed by atoms with E-state index in [1.165, 1.54) is 10.6 Å². The lowest BCUT2D eigenvalue weighted by molar-refractivity contribution is -0.129. The summed E-state index contributed by atoms with van der Waals surface area (Å²) in [6.45, 7) is 3.16. The van der Waals surface area contributed by atoms with Crippen molar-refractivity contribution < 1.29 is 9.53 Å². The van der Waals surface area contributed by atoms with Crippen LogP contribution in [0, 0.1) is 6.92 Å². The number of fused-ring (bicyclic) bond motifs is 1. The summed E-state index contributed by atoms with van der Waals surface area (Å²) in [5.41, 5.74) is 3.09. The molecule has 2 aromatic heterocycles. The van der Waals surface area contributed by atoms with Crippen molar-refractivity contribution in [1.29, 1.82) is 0 Å². The van der Waals surface area contributed by atoms with Crippen LogP contribution in [0.25, 0.3) is 5.65 Å². The minimum Gasteiger partial charge on any atom is -0.497 e. The van der Waals surface area contributed by atoms with Gasteiger partial charge in [-0.05, 0) is 31.0 Å². The van der Waals surface area contributed by atoms with Gasteiger partial charge in [0.25, 0.3) is 5.56 Å². The van der Waals surface area contributed by atoms with Crippen LogP contribution < -0.4 is 10.3 Å². The van der Waals surface area contributed by atoms with Gasteiger partial charge in [0.2, 0.25) is 5.91 Å². The van der Waals surface area contributed by atoms with Crippen molar-refractivity contribution in [1.82, 2.24) is 19.5 Å². The van der Waals surface area contributed by atoms with E-state index in [1.807, 2.05) is 42.2 Å². The number of carbonyl (C=O) groups excluding carboxylic acids is 1. The number of rotatable bonds is 4. The number of nitrogens with one attached hydrogen (secondary N) is 1. The molecule has 1 aliphatic heterocycles. The summed E-state index contributed by atoms with van der Waals surface area (Å²) in [7, 11) is 1.62. The second kappa shape index (κ2) is 6.90.